The topological polar surface area (TPSA) is 45.2 Å². The van der Waals surface area contributed by atoms with Gasteiger partial charge in [-0.05, 0) is 53.3 Å². The highest BCUT2D eigenvalue weighted by Crippen LogP contribution is 2.41. The zero-order valence-corrected chi connectivity index (χ0v) is 19.0. The smallest absolute Gasteiger partial charge is 0.252 e. The molecule has 3 rings (SSSR count). The summed E-state index contributed by atoms with van der Waals surface area (Å²) in [5, 5.41) is -3.00. The van der Waals surface area contributed by atoms with Crippen molar-refractivity contribution in [3.05, 3.63) is 64.2 Å². The van der Waals surface area contributed by atoms with Gasteiger partial charge in [-0.15, -0.1) is 5.11 Å². The van der Waals surface area contributed by atoms with Crippen molar-refractivity contribution in [2.24, 2.45) is 0 Å². The maximum atomic E-state index is 15.8. The van der Waals surface area contributed by atoms with Crippen molar-refractivity contribution in [1.29, 1.82) is 0 Å². The molecule has 2 aromatic rings. The van der Waals surface area contributed by atoms with Crippen LogP contribution in [-0.4, -0.2) is 93.6 Å². The van der Waals surface area contributed by atoms with Crippen LogP contribution in [0.2, 0.25) is 5.02 Å². The van der Waals surface area contributed by atoms with Crippen molar-refractivity contribution >= 4 is 72.4 Å². The fourth-order valence-electron chi connectivity index (χ4n) is 4.08. The summed E-state index contributed by atoms with van der Waals surface area (Å²) in [4.78, 5) is 18.0. The van der Waals surface area contributed by atoms with Gasteiger partial charge in [0.2, 0.25) is 0 Å². The monoisotopic (exact) mass is 463 g/mol. The lowest BCUT2D eigenvalue weighted by molar-refractivity contribution is 0.00469. The van der Waals surface area contributed by atoms with Gasteiger partial charge in [-0.1, -0.05) is 17.7 Å². The lowest BCUT2D eigenvalue weighted by Crippen LogP contribution is -2.72. The molecule has 34 heavy (non-hydrogen) atoms. The Hall–Kier alpha value is -1.60. The molecule has 158 valence electrons. The van der Waals surface area contributed by atoms with Crippen LogP contribution in [0, 0.1) is 5.82 Å². The quantitative estimate of drug-likeness (QED) is 0.625. The number of rotatable bonds is 6. The Morgan fingerprint density at radius 1 is 1.12 bits per heavy atom. The number of nitrogens with one attached hydrogen (secondary N) is 1. The van der Waals surface area contributed by atoms with E-state index in [2.05, 4.69) is 10.3 Å². The largest absolute Gasteiger partial charge is 0.362 e. The molecule has 1 N–H and O–H groups in total. The molecule has 0 bridgehead atoms. The third kappa shape index (κ3) is 5.96. The number of carbonyl (C=O) groups excluding carboxylic acids is 1. The maximum absolute atomic E-state index is 15.8. The second-order valence-electron chi connectivity index (χ2n) is 8.83. The number of likely N-dealkylation sites (tertiary alicyclic amines) is 1. The Kier molecular flexibility index (Phi) is 7.51. The first-order chi connectivity index (χ1) is 15.5. The zero-order valence-electron chi connectivity index (χ0n) is 18.3. The Morgan fingerprint density at radius 3 is 2.24 bits per heavy atom. The van der Waals surface area contributed by atoms with E-state index in [0.717, 1.165) is 17.0 Å². The fourth-order valence-corrected chi connectivity index (χ4v) is 4.26. The lowest BCUT2D eigenvalue weighted by atomic mass is 9.40. The van der Waals surface area contributed by atoms with E-state index >= 15 is 4.39 Å². The summed E-state index contributed by atoms with van der Waals surface area (Å²) in [7, 11) is 41.3. The third-order valence-corrected chi connectivity index (χ3v) is 5.76. The summed E-state index contributed by atoms with van der Waals surface area (Å²) in [6.45, 7) is -0.0542. The molecule has 4 nitrogen and oxygen atoms in total. The van der Waals surface area contributed by atoms with Gasteiger partial charge in [0.1, 0.15) is 11.5 Å². The minimum Gasteiger partial charge on any atom is -0.362 e. The summed E-state index contributed by atoms with van der Waals surface area (Å²) < 4.78 is 29.3. The van der Waals surface area contributed by atoms with Gasteiger partial charge in [-0.2, -0.15) is 0 Å². The highest BCUT2D eigenvalue weighted by molar-refractivity contribution is 6.58. The predicted octanol–water partition coefficient (Wildman–Crippen LogP) is 0.206. The molecule has 1 amide bonds. The molecule has 0 spiro atoms. The van der Waals surface area contributed by atoms with Crippen LogP contribution in [0.1, 0.15) is 34.5 Å². The number of hydrogen-bond acceptors (Lipinski definition) is 3. The summed E-state index contributed by atoms with van der Waals surface area (Å²) in [6.07, 6.45) is 0.460. The molecule has 1 aliphatic heterocycles. The molecule has 0 saturated carbocycles. The van der Waals surface area contributed by atoms with Crippen molar-refractivity contribution in [3.63, 3.8) is 0 Å². The van der Waals surface area contributed by atoms with Crippen molar-refractivity contribution in [2.45, 2.75) is 40.8 Å². The molecule has 2 heterocycles. The van der Waals surface area contributed by atoms with Crippen LogP contribution in [0.15, 0.2) is 36.5 Å². The second-order valence-corrected chi connectivity index (χ2v) is 9.24. The molecule has 1 aromatic carbocycles. The van der Waals surface area contributed by atoms with Crippen LogP contribution in [0.25, 0.3) is 0 Å². The van der Waals surface area contributed by atoms with Gasteiger partial charge in [-0.3, -0.25) is 9.78 Å². The first kappa shape index (κ1) is 27.0. The van der Waals surface area contributed by atoms with Gasteiger partial charge >= 0.3 is 0 Å². The average Bonchev–Trinajstić information content (AvgIpc) is 2.67. The van der Waals surface area contributed by atoms with Crippen LogP contribution in [0.4, 0.5) is 8.78 Å². The van der Waals surface area contributed by atoms with Crippen LogP contribution in [0.5, 0.6) is 0 Å². The Bertz CT molecular complexity index is 1050. The van der Waals surface area contributed by atoms with Gasteiger partial charge in [0, 0.05) is 24.8 Å². The molecule has 1 aromatic heterocycles. The lowest BCUT2D eigenvalue weighted by Gasteiger charge is -2.59. The summed E-state index contributed by atoms with van der Waals surface area (Å²) >= 11 is 5.76. The number of aromatic nitrogens is 1. The third-order valence-electron chi connectivity index (χ3n) is 5.47. The Morgan fingerprint density at radius 2 is 1.74 bits per heavy atom. The van der Waals surface area contributed by atoms with E-state index in [0.29, 0.717) is 11.3 Å². The summed E-state index contributed by atoms with van der Waals surface area (Å²) in [6, 6.07) is 6.51. The molecular formula is C20H15B7ClF2N3O. The number of amides is 1. The first-order valence-corrected chi connectivity index (χ1v) is 10.6. The summed E-state index contributed by atoms with van der Waals surface area (Å²) in [5.41, 5.74) is -1.13. The molecule has 1 fully saturated rings. The van der Waals surface area contributed by atoms with E-state index in [1.165, 1.54) is 12.3 Å². The molecule has 14 heteroatoms. The molecule has 0 atom stereocenters. The van der Waals surface area contributed by atoms with Crippen LogP contribution >= 0.6 is 11.6 Å². The SMILES string of the molecule is [B]C([B])([B])c1ccc(CNCC2(F)CC([B])([B])N(C(=O)c3ccc(F)c(Cl)c3)C([B])([B])C2)nc1. The van der Waals surface area contributed by atoms with E-state index in [9.17, 15) is 9.18 Å². The van der Waals surface area contributed by atoms with E-state index in [4.69, 9.17) is 66.5 Å². The Balaban J connectivity index is 1.71. The predicted molar refractivity (Wildman–Crippen MR) is 134 cm³/mol. The zero-order chi connectivity index (χ0) is 25.5. The standard InChI is InChI=1S/C20H15B7ClF2N3O/c21-18(22)8-17(30,10-31-7-13-3-2-12(6-32-13)20(25,26)27)9-19(23,24)33(18)16(34)11-1-4-15(29)14(28)5-11/h1-6,31H,7-10H2. The molecular weight excluding hydrogens is 447 g/mol. The molecule has 14 radical (unpaired) electrons. The van der Waals surface area contributed by atoms with Gasteiger partial charge in [-0.25, -0.2) is 8.78 Å². The van der Waals surface area contributed by atoms with E-state index in [1.807, 2.05) is 0 Å². The van der Waals surface area contributed by atoms with Crippen molar-refractivity contribution in [2.75, 3.05) is 6.54 Å². The summed E-state index contributed by atoms with van der Waals surface area (Å²) in [5.74, 6) is -1.53. The number of pyridine rings is 1. The highest BCUT2D eigenvalue weighted by Gasteiger charge is 2.52. The second kappa shape index (κ2) is 9.46. The van der Waals surface area contributed by atoms with Crippen LogP contribution in [-0.2, 0) is 11.7 Å². The highest BCUT2D eigenvalue weighted by atomic mass is 35.5. The minimum atomic E-state index is -2.06. The molecule has 0 aliphatic carbocycles. The number of halogens is 3. The van der Waals surface area contributed by atoms with Gasteiger partial charge < -0.3 is 10.2 Å². The number of carbonyl (C=O) groups is 1. The van der Waals surface area contributed by atoms with E-state index in [1.54, 1.807) is 12.1 Å². The molecule has 0 unspecified atom stereocenters. The minimum absolute atomic E-state index is 0.0533. The number of alkyl halides is 1. The van der Waals surface area contributed by atoms with Gasteiger partial charge in [0.25, 0.3) is 5.91 Å². The number of hydrogen-bond donors (Lipinski definition) is 1. The van der Waals surface area contributed by atoms with Gasteiger partial charge in [0.15, 0.2) is 0 Å². The van der Waals surface area contributed by atoms with Crippen LogP contribution < -0.4 is 5.32 Å². The number of piperidine rings is 1. The van der Waals surface area contributed by atoms with Crippen molar-refractivity contribution in [1.82, 2.24) is 15.2 Å². The van der Waals surface area contributed by atoms with E-state index in [-0.39, 0.29) is 23.7 Å². The maximum Gasteiger partial charge on any atom is 0.252 e. The molecule has 1 saturated heterocycles. The van der Waals surface area contributed by atoms with Crippen molar-refractivity contribution in [3.8, 4) is 0 Å². The van der Waals surface area contributed by atoms with Gasteiger partial charge in [0.05, 0.1) is 65.6 Å². The number of nitrogens with zero attached hydrogens (tertiary/aromatic N) is 2. The number of benzene rings is 1. The molecule has 1 aliphatic rings. The normalized spacial score (nSPS) is 19.0. The fraction of sp³-hybridized carbons (Fsp3) is 0.400. The van der Waals surface area contributed by atoms with E-state index < -0.39 is 46.0 Å². The first-order valence-electron chi connectivity index (χ1n) is 10.2. The Labute approximate surface area is 212 Å². The van der Waals surface area contributed by atoms with Crippen LogP contribution in [0.3, 0.4) is 0 Å². The van der Waals surface area contributed by atoms with Crippen molar-refractivity contribution < 1.29 is 13.6 Å². The average molecular weight is 462 g/mol.